The SMILES string of the molecule is O=C(O)c1ccc2c(c1)C1(CCS(=O)(=O)CC1)C(C1CC1)N2S(=O)(=O)c1ccc(OC(F)F)cc1. The van der Waals surface area contributed by atoms with Crippen molar-refractivity contribution in [2.75, 3.05) is 15.8 Å². The van der Waals surface area contributed by atoms with Crippen molar-refractivity contribution >= 4 is 31.5 Å². The number of sulfonamides is 1. The summed E-state index contributed by atoms with van der Waals surface area (Å²) in [5.74, 6) is -1.57. The molecule has 188 valence electrons. The highest BCUT2D eigenvalue weighted by Crippen LogP contribution is 2.59. The standard InChI is InChI=1S/C23H23F2NO7S2/c24-22(25)33-16-4-6-17(7-5-16)35(31,32)26-19-8-3-15(21(27)28)13-18(19)23(20(26)14-1-2-14)9-11-34(29,30)12-10-23/h3-8,13-14,20,22H,1-2,9-12H2,(H,27,28). The van der Waals surface area contributed by atoms with Gasteiger partial charge in [-0.15, -0.1) is 0 Å². The first-order chi connectivity index (χ1) is 16.4. The normalized spacial score (nSPS) is 22.8. The van der Waals surface area contributed by atoms with E-state index in [1.165, 1.54) is 34.6 Å². The number of alkyl halides is 2. The third-order valence-electron chi connectivity index (χ3n) is 7.23. The second-order valence-corrected chi connectivity index (χ2v) is 13.4. The molecule has 0 aromatic heterocycles. The molecule has 1 N–H and O–H groups in total. The zero-order chi connectivity index (χ0) is 25.2. The number of aromatic carboxylic acids is 1. The lowest BCUT2D eigenvalue weighted by Crippen LogP contribution is -2.52. The van der Waals surface area contributed by atoms with Crippen LogP contribution in [0.4, 0.5) is 14.5 Å². The van der Waals surface area contributed by atoms with Crippen LogP contribution >= 0.6 is 0 Å². The highest BCUT2D eigenvalue weighted by Gasteiger charge is 2.60. The van der Waals surface area contributed by atoms with Crippen molar-refractivity contribution in [3.8, 4) is 5.75 Å². The smallest absolute Gasteiger partial charge is 0.387 e. The predicted molar refractivity (Wildman–Crippen MR) is 122 cm³/mol. The molecular formula is C23H23F2NO7S2. The number of ether oxygens (including phenoxy) is 1. The molecule has 5 rings (SSSR count). The van der Waals surface area contributed by atoms with Crippen LogP contribution in [0.1, 0.15) is 41.6 Å². The van der Waals surface area contributed by atoms with Crippen LogP contribution in [-0.4, -0.2) is 52.1 Å². The number of carboxylic acid groups (broad SMARTS) is 1. The Morgan fingerprint density at radius 2 is 1.71 bits per heavy atom. The van der Waals surface area contributed by atoms with Gasteiger partial charge in [-0.25, -0.2) is 21.6 Å². The van der Waals surface area contributed by atoms with Crippen LogP contribution in [0.15, 0.2) is 47.4 Å². The van der Waals surface area contributed by atoms with Gasteiger partial charge in [-0.05, 0) is 79.6 Å². The number of carboxylic acids is 1. The molecule has 2 aromatic rings. The summed E-state index contributed by atoms with van der Waals surface area (Å²) in [5, 5.41) is 9.57. The van der Waals surface area contributed by atoms with Crippen LogP contribution in [0.5, 0.6) is 5.75 Å². The molecule has 2 fully saturated rings. The summed E-state index contributed by atoms with van der Waals surface area (Å²) in [6.07, 6.45) is 1.93. The Balaban J connectivity index is 1.65. The number of carbonyl (C=O) groups is 1. The van der Waals surface area contributed by atoms with E-state index in [2.05, 4.69) is 4.74 Å². The third-order valence-corrected chi connectivity index (χ3v) is 10.7. The number of hydrogen-bond donors (Lipinski definition) is 1. The molecule has 1 aliphatic carbocycles. The Bertz CT molecular complexity index is 1370. The Hall–Kier alpha value is -2.73. The average molecular weight is 528 g/mol. The quantitative estimate of drug-likeness (QED) is 0.612. The monoisotopic (exact) mass is 527 g/mol. The minimum absolute atomic E-state index is 0.00106. The molecule has 1 unspecified atom stereocenters. The minimum Gasteiger partial charge on any atom is -0.478 e. The lowest BCUT2D eigenvalue weighted by atomic mass is 9.70. The fourth-order valence-electron chi connectivity index (χ4n) is 5.50. The van der Waals surface area contributed by atoms with Gasteiger partial charge >= 0.3 is 12.6 Å². The van der Waals surface area contributed by atoms with E-state index in [4.69, 9.17) is 0 Å². The summed E-state index contributed by atoms with van der Waals surface area (Å²) in [7, 11) is -7.48. The zero-order valence-electron chi connectivity index (χ0n) is 18.4. The second kappa shape index (κ2) is 8.16. The number of rotatable bonds is 6. The number of fused-ring (bicyclic) bond motifs is 2. The van der Waals surface area contributed by atoms with Crippen molar-refractivity contribution in [3.63, 3.8) is 0 Å². The van der Waals surface area contributed by atoms with Crippen molar-refractivity contribution in [1.29, 1.82) is 0 Å². The molecule has 8 nitrogen and oxygen atoms in total. The lowest BCUT2D eigenvalue weighted by molar-refractivity contribution is -0.0498. The first kappa shape index (κ1) is 24.0. The van der Waals surface area contributed by atoms with Crippen LogP contribution in [0.25, 0.3) is 0 Å². The number of halogens is 2. The van der Waals surface area contributed by atoms with E-state index >= 15 is 0 Å². The highest BCUT2D eigenvalue weighted by molar-refractivity contribution is 7.93. The molecule has 12 heteroatoms. The molecular weight excluding hydrogens is 504 g/mol. The van der Waals surface area contributed by atoms with Gasteiger partial charge in [0.15, 0.2) is 0 Å². The average Bonchev–Trinajstić information content (AvgIpc) is 3.59. The van der Waals surface area contributed by atoms with Gasteiger partial charge in [0.2, 0.25) is 0 Å². The molecule has 2 heterocycles. The molecule has 0 radical (unpaired) electrons. The third kappa shape index (κ3) is 4.06. The summed E-state index contributed by atoms with van der Waals surface area (Å²) in [5.41, 5.74) is 0.0300. The largest absolute Gasteiger partial charge is 0.478 e. The number of hydrogen-bond acceptors (Lipinski definition) is 6. The Morgan fingerprint density at radius 1 is 1.09 bits per heavy atom. The van der Waals surface area contributed by atoms with Gasteiger partial charge in [-0.2, -0.15) is 8.78 Å². The van der Waals surface area contributed by atoms with Crippen molar-refractivity contribution in [2.45, 2.75) is 48.6 Å². The van der Waals surface area contributed by atoms with Crippen LogP contribution in [0.2, 0.25) is 0 Å². The molecule has 1 spiro atoms. The summed E-state index contributed by atoms with van der Waals surface area (Å²) in [6.45, 7) is -3.05. The van der Waals surface area contributed by atoms with Crippen molar-refractivity contribution in [2.24, 2.45) is 5.92 Å². The van der Waals surface area contributed by atoms with Crippen molar-refractivity contribution in [1.82, 2.24) is 0 Å². The first-order valence-electron chi connectivity index (χ1n) is 11.1. The van der Waals surface area contributed by atoms with E-state index in [-0.39, 0.29) is 46.5 Å². The predicted octanol–water partition coefficient (Wildman–Crippen LogP) is 3.42. The Kier molecular flexibility index (Phi) is 5.59. The van der Waals surface area contributed by atoms with Crippen molar-refractivity contribution < 1.29 is 40.3 Å². The number of sulfone groups is 1. The van der Waals surface area contributed by atoms with Gasteiger partial charge in [0.1, 0.15) is 15.6 Å². The highest BCUT2D eigenvalue weighted by atomic mass is 32.2. The summed E-state index contributed by atoms with van der Waals surface area (Å²) < 4.78 is 83.2. The fourth-order valence-corrected chi connectivity index (χ4v) is 8.85. The van der Waals surface area contributed by atoms with Gasteiger partial charge in [-0.1, -0.05) is 0 Å². The topological polar surface area (TPSA) is 118 Å². The van der Waals surface area contributed by atoms with E-state index in [0.717, 1.165) is 25.0 Å². The zero-order valence-corrected chi connectivity index (χ0v) is 20.1. The maximum Gasteiger partial charge on any atom is 0.387 e. The maximum absolute atomic E-state index is 13.9. The van der Waals surface area contributed by atoms with E-state index in [1.807, 2.05) is 0 Å². The van der Waals surface area contributed by atoms with Crippen LogP contribution in [0, 0.1) is 5.92 Å². The van der Waals surface area contributed by atoms with Crippen LogP contribution in [0.3, 0.4) is 0 Å². The Morgan fingerprint density at radius 3 is 2.26 bits per heavy atom. The molecule has 1 saturated heterocycles. The van der Waals surface area contributed by atoms with Gasteiger partial charge in [-0.3, -0.25) is 4.31 Å². The van der Waals surface area contributed by atoms with E-state index in [1.54, 1.807) is 0 Å². The number of benzene rings is 2. The van der Waals surface area contributed by atoms with Crippen LogP contribution < -0.4 is 9.04 Å². The molecule has 0 bridgehead atoms. The van der Waals surface area contributed by atoms with Gasteiger partial charge in [0.25, 0.3) is 10.0 Å². The molecule has 35 heavy (non-hydrogen) atoms. The second-order valence-electron chi connectivity index (χ2n) is 9.28. The van der Waals surface area contributed by atoms with E-state index in [0.29, 0.717) is 11.3 Å². The van der Waals surface area contributed by atoms with Crippen LogP contribution in [-0.2, 0) is 25.3 Å². The molecule has 2 aliphatic heterocycles. The molecule has 2 aromatic carbocycles. The lowest BCUT2D eigenvalue weighted by Gasteiger charge is -2.41. The first-order valence-corrected chi connectivity index (χ1v) is 14.4. The minimum atomic E-state index is -4.20. The molecule has 3 aliphatic rings. The molecule has 1 saturated carbocycles. The van der Waals surface area contributed by atoms with Gasteiger partial charge in [0.05, 0.1) is 33.7 Å². The number of nitrogens with zero attached hydrogens (tertiary/aromatic N) is 1. The summed E-state index contributed by atoms with van der Waals surface area (Å²) in [4.78, 5) is 11.6. The van der Waals surface area contributed by atoms with Gasteiger partial charge < -0.3 is 9.84 Å². The molecule has 1 atom stereocenters. The van der Waals surface area contributed by atoms with Crippen molar-refractivity contribution in [3.05, 3.63) is 53.6 Å². The van der Waals surface area contributed by atoms with Gasteiger partial charge in [0, 0.05) is 5.41 Å². The maximum atomic E-state index is 13.9. The van der Waals surface area contributed by atoms with E-state index in [9.17, 15) is 35.5 Å². The number of anilines is 1. The summed E-state index contributed by atoms with van der Waals surface area (Å²) >= 11 is 0. The molecule has 0 amide bonds. The Labute approximate surface area is 201 Å². The fraction of sp³-hybridized carbons (Fsp3) is 0.435. The summed E-state index contributed by atoms with van der Waals surface area (Å²) in [6, 6.07) is 8.40. The van der Waals surface area contributed by atoms with E-state index < -0.39 is 43.9 Å².